The molecule has 0 amide bonds. The van der Waals surface area contributed by atoms with Crippen molar-refractivity contribution in [2.24, 2.45) is 5.73 Å². The van der Waals surface area contributed by atoms with E-state index in [1.165, 1.54) is 0 Å². The number of nitrogens with two attached hydrogens (primary N) is 1. The molecule has 0 saturated heterocycles. The highest BCUT2D eigenvalue weighted by Gasteiger charge is 2.39. The maximum absolute atomic E-state index is 5.68. The van der Waals surface area contributed by atoms with Crippen LogP contribution in [0.4, 0.5) is 0 Å². The van der Waals surface area contributed by atoms with Crippen molar-refractivity contribution in [1.82, 2.24) is 0 Å². The minimum atomic E-state index is -2.41. The molecule has 80 valence electrons. The van der Waals surface area contributed by atoms with Crippen LogP contribution in [0.1, 0.15) is 20.3 Å². The molecule has 0 aromatic heterocycles. The lowest BCUT2D eigenvalue weighted by Crippen LogP contribution is -2.45. The zero-order valence-corrected chi connectivity index (χ0v) is 10.0. The lowest BCUT2D eigenvalue weighted by atomic mass is 10.5. The van der Waals surface area contributed by atoms with Gasteiger partial charge in [0.15, 0.2) is 0 Å². The van der Waals surface area contributed by atoms with Crippen molar-refractivity contribution in [3.8, 4) is 0 Å². The summed E-state index contributed by atoms with van der Waals surface area (Å²) in [6.45, 7) is 4.59. The number of hydrogen-bond acceptors (Lipinski definition) is 4. The normalized spacial score (nSPS) is 12.5. The molecule has 0 fully saturated rings. The van der Waals surface area contributed by atoms with E-state index in [-0.39, 0.29) is 6.10 Å². The maximum atomic E-state index is 5.68. The molecule has 4 nitrogen and oxygen atoms in total. The molecule has 13 heavy (non-hydrogen) atoms. The maximum Gasteiger partial charge on any atom is 0.500 e. The zero-order chi connectivity index (χ0) is 10.3. The summed E-state index contributed by atoms with van der Waals surface area (Å²) in [7, 11) is 0.860. The summed E-state index contributed by atoms with van der Waals surface area (Å²) in [6, 6.07) is 0.786. The Morgan fingerprint density at radius 2 is 1.77 bits per heavy atom. The van der Waals surface area contributed by atoms with Crippen LogP contribution >= 0.6 is 0 Å². The van der Waals surface area contributed by atoms with Crippen LogP contribution in [-0.2, 0) is 13.3 Å². The highest BCUT2D eigenvalue weighted by atomic mass is 28.4. The van der Waals surface area contributed by atoms with E-state index in [0.29, 0.717) is 6.54 Å². The first-order chi connectivity index (χ1) is 6.10. The average molecular weight is 207 g/mol. The van der Waals surface area contributed by atoms with Gasteiger partial charge in [0, 0.05) is 26.4 Å². The largest absolute Gasteiger partial charge is 0.500 e. The second-order valence-electron chi connectivity index (χ2n) is 3.15. The molecule has 0 bridgehead atoms. The van der Waals surface area contributed by atoms with Gasteiger partial charge < -0.3 is 19.0 Å². The van der Waals surface area contributed by atoms with E-state index in [1.54, 1.807) is 14.2 Å². The van der Waals surface area contributed by atoms with Crippen molar-refractivity contribution in [1.29, 1.82) is 0 Å². The molecule has 0 aliphatic rings. The van der Waals surface area contributed by atoms with Gasteiger partial charge in [-0.25, -0.2) is 0 Å². The molecule has 0 rings (SSSR count). The average Bonchev–Trinajstić information content (AvgIpc) is 2.12. The van der Waals surface area contributed by atoms with Gasteiger partial charge in [-0.2, -0.15) is 0 Å². The van der Waals surface area contributed by atoms with Crippen molar-refractivity contribution >= 4 is 8.80 Å². The Morgan fingerprint density at radius 3 is 2.08 bits per heavy atom. The SMILES string of the molecule is CO[Si](CCCN)(OC)OC(C)C. The molecule has 0 spiro atoms. The first-order valence-corrected chi connectivity index (χ1v) is 6.51. The van der Waals surface area contributed by atoms with Crippen LogP contribution in [0.25, 0.3) is 0 Å². The summed E-state index contributed by atoms with van der Waals surface area (Å²) >= 11 is 0. The topological polar surface area (TPSA) is 53.7 Å². The Hall–Kier alpha value is 0.0569. The van der Waals surface area contributed by atoms with Crippen molar-refractivity contribution in [2.75, 3.05) is 20.8 Å². The van der Waals surface area contributed by atoms with E-state index in [4.69, 9.17) is 19.0 Å². The Labute approximate surface area is 81.7 Å². The molecule has 0 heterocycles. The molecule has 0 radical (unpaired) electrons. The molecule has 0 aliphatic carbocycles. The van der Waals surface area contributed by atoms with Gasteiger partial charge in [-0.15, -0.1) is 0 Å². The summed E-state index contributed by atoms with van der Waals surface area (Å²) in [4.78, 5) is 0. The van der Waals surface area contributed by atoms with Crippen LogP contribution in [0.2, 0.25) is 6.04 Å². The van der Waals surface area contributed by atoms with Crippen LogP contribution in [0.15, 0.2) is 0 Å². The van der Waals surface area contributed by atoms with Gasteiger partial charge in [-0.3, -0.25) is 0 Å². The first-order valence-electron chi connectivity index (χ1n) is 4.58. The zero-order valence-electron chi connectivity index (χ0n) is 9.00. The van der Waals surface area contributed by atoms with Gasteiger partial charge >= 0.3 is 8.80 Å². The predicted octanol–water partition coefficient (Wildman–Crippen LogP) is 0.992. The summed E-state index contributed by atoms with van der Waals surface area (Å²) < 4.78 is 16.4. The molecule has 0 aromatic rings. The van der Waals surface area contributed by atoms with Gasteiger partial charge in [-0.05, 0) is 26.8 Å². The van der Waals surface area contributed by atoms with Crippen molar-refractivity contribution in [3.05, 3.63) is 0 Å². The summed E-state index contributed by atoms with van der Waals surface area (Å²) in [5.41, 5.74) is 5.43. The second kappa shape index (κ2) is 6.50. The van der Waals surface area contributed by atoms with Gasteiger partial charge in [0.2, 0.25) is 0 Å². The van der Waals surface area contributed by atoms with E-state index < -0.39 is 8.80 Å². The van der Waals surface area contributed by atoms with Gasteiger partial charge in [0.1, 0.15) is 0 Å². The molecule has 0 unspecified atom stereocenters. The Balaban J connectivity index is 4.13. The summed E-state index contributed by atoms with van der Waals surface area (Å²) in [5.74, 6) is 0. The lowest BCUT2D eigenvalue weighted by molar-refractivity contribution is 0.0696. The standard InChI is InChI=1S/C8H21NO3Si/c1-8(2)12-13(10-3,11-4)7-5-6-9/h8H,5-7,9H2,1-4H3. The first kappa shape index (κ1) is 13.1. The monoisotopic (exact) mass is 207 g/mol. The van der Waals surface area contributed by atoms with Crippen LogP contribution < -0.4 is 5.73 Å². The highest BCUT2D eigenvalue weighted by Crippen LogP contribution is 2.17. The van der Waals surface area contributed by atoms with E-state index >= 15 is 0 Å². The summed E-state index contributed by atoms with van der Waals surface area (Å²) in [6.07, 6.45) is 1.00. The number of hydrogen-bond donors (Lipinski definition) is 1. The Bertz CT molecular complexity index is 129. The quantitative estimate of drug-likeness (QED) is 0.633. The Morgan fingerprint density at radius 1 is 1.23 bits per heavy atom. The van der Waals surface area contributed by atoms with Crippen LogP contribution in [0.3, 0.4) is 0 Å². The van der Waals surface area contributed by atoms with Gasteiger partial charge in [-0.1, -0.05) is 0 Å². The van der Waals surface area contributed by atoms with Gasteiger partial charge in [0.05, 0.1) is 0 Å². The molecule has 5 heteroatoms. The van der Waals surface area contributed by atoms with Gasteiger partial charge in [0.25, 0.3) is 0 Å². The van der Waals surface area contributed by atoms with Crippen molar-refractivity contribution < 1.29 is 13.3 Å². The fourth-order valence-electron chi connectivity index (χ4n) is 1.12. The lowest BCUT2D eigenvalue weighted by Gasteiger charge is -2.28. The van der Waals surface area contributed by atoms with Crippen LogP contribution in [0, 0.1) is 0 Å². The van der Waals surface area contributed by atoms with E-state index in [9.17, 15) is 0 Å². The van der Waals surface area contributed by atoms with Crippen molar-refractivity contribution in [2.45, 2.75) is 32.4 Å². The van der Waals surface area contributed by atoms with Crippen molar-refractivity contribution in [3.63, 3.8) is 0 Å². The molecule has 2 N–H and O–H groups in total. The number of rotatable bonds is 7. The van der Waals surface area contributed by atoms with E-state index in [0.717, 1.165) is 12.5 Å². The minimum absolute atomic E-state index is 0.129. The predicted molar refractivity (Wildman–Crippen MR) is 54.5 cm³/mol. The fourth-order valence-corrected chi connectivity index (χ4v) is 3.36. The fraction of sp³-hybridized carbons (Fsp3) is 1.00. The minimum Gasteiger partial charge on any atom is -0.377 e. The van der Waals surface area contributed by atoms with Crippen LogP contribution in [0.5, 0.6) is 0 Å². The highest BCUT2D eigenvalue weighted by molar-refractivity contribution is 6.60. The third kappa shape index (κ3) is 4.73. The summed E-state index contributed by atoms with van der Waals surface area (Å²) in [5, 5.41) is 0. The third-order valence-electron chi connectivity index (χ3n) is 1.72. The second-order valence-corrected chi connectivity index (χ2v) is 6.07. The smallest absolute Gasteiger partial charge is 0.377 e. The Kier molecular flexibility index (Phi) is 6.53. The molecule has 0 aromatic carbocycles. The van der Waals surface area contributed by atoms with E-state index in [2.05, 4.69) is 0 Å². The third-order valence-corrected chi connectivity index (χ3v) is 4.76. The van der Waals surface area contributed by atoms with E-state index in [1.807, 2.05) is 13.8 Å². The molecule has 0 aliphatic heterocycles. The molecular formula is C8H21NO3Si. The van der Waals surface area contributed by atoms with Crippen LogP contribution in [-0.4, -0.2) is 35.7 Å². The molecule has 0 atom stereocenters. The molecule has 0 saturated carbocycles. The molecular weight excluding hydrogens is 186 g/mol.